The lowest BCUT2D eigenvalue weighted by Gasteiger charge is -2.37. The van der Waals surface area contributed by atoms with Gasteiger partial charge in [-0.2, -0.15) is 0 Å². The van der Waals surface area contributed by atoms with Gasteiger partial charge < -0.3 is 4.43 Å². The van der Waals surface area contributed by atoms with Crippen molar-refractivity contribution in [1.82, 2.24) is 0 Å². The zero-order chi connectivity index (χ0) is 14.6. The Kier molecular flexibility index (Phi) is 5.15. The Morgan fingerprint density at radius 3 is 1.55 bits per heavy atom. The summed E-state index contributed by atoms with van der Waals surface area (Å²) in [6, 6.07) is 21.5. The van der Waals surface area contributed by atoms with E-state index in [2.05, 4.69) is 87.6 Å². The van der Waals surface area contributed by atoms with E-state index in [0.717, 1.165) is 0 Å². The first-order valence-corrected chi connectivity index (χ1v) is 10.7. The molecule has 3 heteroatoms. The molecule has 0 spiro atoms. The van der Waals surface area contributed by atoms with Crippen molar-refractivity contribution < 1.29 is 4.43 Å². The lowest BCUT2D eigenvalue weighted by molar-refractivity contribution is 0.206. The highest BCUT2D eigenvalue weighted by molar-refractivity contribution is 7.74. The van der Waals surface area contributed by atoms with Crippen LogP contribution in [0.3, 0.4) is 0 Å². The largest absolute Gasteiger partial charge is 0.408 e. The molecular weight excluding hydrogens is 279 g/mol. The zero-order valence-corrected chi connectivity index (χ0v) is 14.5. The highest BCUT2D eigenvalue weighted by Gasteiger charge is 2.33. The van der Waals surface area contributed by atoms with Crippen molar-refractivity contribution >= 4 is 27.6 Å². The number of hydrogen-bond acceptors (Lipinski definition) is 1. The minimum atomic E-state index is -0.734. The smallest absolute Gasteiger partial charge is 0.206 e. The molecule has 0 saturated carbocycles. The van der Waals surface area contributed by atoms with E-state index in [1.54, 1.807) is 0 Å². The quantitative estimate of drug-likeness (QED) is 0.596. The second-order valence-corrected chi connectivity index (χ2v) is 10.3. The van der Waals surface area contributed by atoms with E-state index in [4.69, 9.17) is 4.43 Å². The van der Waals surface area contributed by atoms with Crippen LogP contribution in [0.2, 0.25) is 13.1 Å². The predicted octanol–water partition coefficient (Wildman–Crippen LogP) is 4.12. The molecular formula is C17H22OPSi. The standard InChI is InChI=1S/C17H22OPSi/c1-17(2,18-20(3)4)19(15-11-7-5-8-12-15)16-13-9-6-10-14-16/h5-14H,1-4H3. The second-order valence-electron chi connectivity index (χ2n) is 5.46. The summed E-state index contributed by atoms with van der Waals surface area (Å²) >= 11 is 0. The first-order valence-electron chi connectivity index (χ1n) is 6.90. The first-order chi connectivity index (χ1) is 9.50. The minimum absolute atomic E-state index is 0.143. The minimum Gasteiger partial charge on any atom is -0.408 e. The van der Waals surface area contributed by atoms with Crippen molar-refractivity contribution in [3.05, 3.63) is 60.7 Å². The van der Waals surface area contributed by atoms with Gasteiger partial charge in [-0.1, -0.05) is 60.7 Å². The third-order valence-electron chi connectivity index (χ3n) is 3.02. The molecule has 1 nitrogen and oxygen atoms in total. The van der Waals surface area contributed by atoms with E-state index in [1.807, 2.05) is 0 Å². The van der Waals surface area contributed by atoms with Gasteiger partial charge in [0.2, 0.25) is 9.04 Å². The molecule has 2 aromatic carbocycles. The third kappa shape index (κ3) is 3.79. The molecule has 2 aromatic rings. The molecule has 0 bridgehead atoms. The average molecular weight is 301 g/mol. The van der Waals surface area contributed by atoms with Crippen LogP contribution in [0.4, 0.5) is 0 Å². The van der Waals surface area contributed by atoms with Crippen LogP contribution >= 0.6 is 7.92 Å². The van der Waals surface area contributed by atoms with E-state index in [9.17, 15) is 0 Å². The second kappa shape index (κ2) is 6.67. The third-order valence-corrected chi connectivity index (χ3v) is 6.91. The summed E-state index contributed by atoms with van der Waals surface area (Å²) in [6.45, 7) is 8.87. The fraction of sp³-hybridized carbons (Fsp3) is 0.294. The summed E-state index contributed by atoms with van der Waals surface area (Å²) in [6.07, 6.45) is 0. The van der Waals surface area contributed by atoms with Gasteiger partial charge in [-0.3, -0.25) is 0 Å². The van der Waals surface area contributed by atoms with Gasteiger partial charge in [-0.05, 0) is 45.5 Å². The van der Waals surface area contributed by atoms with Gasteiger partial charge in [0, 0.05) is 0 Å². The van der Waals surface area contributed by atoms with E-state index in [-0.39, 0.29) is 5.34 Å². The van der Waals surface area contributed by atoms with Gasteiger partial charge in [0.05, 0.1) is 5.34 Å². The SMILES string of the molecule is C[Si](C)OC(C)(C)P(c1ccccc1)c1ccccc1. The average Bonchev–Trinajstić information content (AvgIpc) is 2.39. The number of rotatable bonds is 5. The molecule has 0 fully saturated rings. The molecule has 0 aliphatic rings. The van der Waals surface area contributed by atoms with Crippen LogP contribution in [0.1, 0.15) is 13.8 Å². The molecule has 0 aliphatic carbocycles. The summed E-state index contributed by atoms with van der Waals surface area (Å²) in [5.41, 5.74) is 0. The molecule has 0 heterocycles. The lowest BCUT2D eigenvalue weighted by atomic mass is 10.4. The molecule has 2 rings (SSSR count). The van der Waals surface area contributed by atoms with Gasteiger partial charge in [-0.15, -0.1) is 0 Å². The van der Waals surface area contributed by atoms with Gasteiger partial charge in [0.25, 0.3) is 0 Å². The molecule has 105 valence electrons. The van der Waals surface area contributed by atoms with Crippen molar-refractivity contribution in [3.63, 3.8) is 0 Å². The van der Waals surface area contributed by atoms with Crippen LogP contribution in [-0.2, 0) is 4.43 Å². The molecule has 0 unspecified atom stereocenters. The summed E-state index contributed by atoms with van der Waals surface area (Å²) in [4.78, 5) is 0. The van der Waals surface area contributed by atoms with E-state index in [0.29, 0.717) is 0 Å². The summed E-state index contributed by atoms with van der Waals surface area (Å²) in [5, 5.41) is 2.61. The Morgan fingerprint density at radius 2 is 1.20 bits per heavy atom. The number of hydrogen-bond donors (Lipinski definition) is 0. The lowest BCUT2D eigenvalue weighted by Crippen LogP contribution is -2.35. The van der Waals surface area contributed by atoms with Crippen LogP contribution in [0.25, 0.3) is 0 Å². The Morgan fingerprint density at radius 1 is 0.800 bits per heavy atom. The highest BCUT2D eigenvalue weighted by Crippen LogP contribution is 2.48. The van der Waals surface area contributed by atoms with Gasteiger partial charge in [-0.25, -0.2) is 0 Å². The molecule has 0 amide bonds. The maximum absolute atomic E-state index is 6.34. The van der Waals surface area contributed by atoms with Gasteiger partial charge >= 0.3 is 0 Å². The van der Waals surface area contributed by atoms with Gasteiger partial charge in [0.15, 0.2) is 0 Å². The molecule has 0 atom stereocenters. The summed E-state index contributed by atoms with van der Waals surface area (Å²) in [7, 11) is -1.26. The van der Waals surface area contributed by atoms with Crippen LogP contribution in [-0.4, -0.2) is 14.4 Å². The van der Waals surface area contributed by atoms with Gasteiger partial charge in [0.1, 0.15) is 0 Å². The zero-order valence-electron chi connectivity index (χ0n) is 12.6. The van der Waals surface area contributed by atoms with Crippen molar-refractivity contribution in [2.45, 2.75) is 32.3 Å². The molecule has 0 saturated heterocycles. The van der Waals surface area contributed by atoms with Crippen molar-refractivity contribution in [1.29, 1.82) is 0 Å². The maximum atomic E-state index is 6.34. The van der Waals surface area contributed by atoms with Crippen LogP contribution in [0, 0.1) is 0 Å². The van der Waals surface area contributed by atoms with Crippen LogP contribution < -0.4 is 10.6 Å². The van der Waals surface area contributed by atoms with Crippen LogP contribution in [0.5, 0.6) is 0 Å². The monoisotopic (exact) mass is 301 g/mol. The highest BCUT2D eigenvalue weighted by atomic mass is 31.1. The molecule has 1 radical (unpaired) electrons. The molecule has 0 aromatic heterocycles. The van der Waals surface area contributed by atoms with E-state index >= 15 is 0 Å². The summed E-state index contributed by atoms with van der Waals surface area (Å²) < 4.78 is 6.34. The van der Waals surface area contributed by atoms with E-state index in [1.165, 1.54) is 10.6 Å². The van der Waals surface area contributed by atoms with Crippen molar-refractivity contribution in [2.75, 3.05) is 0 Å². The maximum Gasteiger partial charge on any atom is 0.206 e. The molecule has 0 N–H and O–H groups in total. The fourth-order valence-electron chi connectivity index (χ4n) is 2.47. The Hall–Kier alpha value is -0.953. The Balaban J connectivity index is 2.45. The van der Waals surface area contributed by atoms with Crippen molar-refractivity contribution in [3.8, 4) is 0 Å². The normalized spacial score (nSPS) is 12.1. The molecule has 0 aliphatic heterocycles. The number of benzene rings is 2. The first kappa shape index (κ1) is 15.4. The van der Waals surface area contributed by atoms with E-state index < -0.39 is 17.0 Å². The topological polar surface area (TPSA) is 9.23 Å². The molecule has 20 heavy (non-hydrogen) atoms. The summed E-state index contributed by atoms with van der Waals surface area (Å²) in [5.74, 6) is 0. The predicted molar refractivity (Wildman–Crippen MR) is 91.7 cm³/mol. The Bertz CT molecular complexity index is 486. The van der Waals surface area contributed by atoms with Crippen LogP contribution in [0.15, 0.2) is 60.7 Å². The van der Waals surface area contributed by atoms with Crippen molar-refractivity contribution in [2.24, 2.45) is 0 Å². The fourth-order valence-corrected chi connectivity index (χ4v) is 6.86. The Labute approximate surface area is 125 Å².